The van der Waals surface area contributed by atoms with Crippen LogP contribution >= 0.6 is 0 Å². The average Bonchev–Trinajstić information content (AvgIpc) is 2.75. The molecule has 9 heteroatoms. The maximum atomic E-state index is 11.6. The van der Waals surface area contributed by atoms with E-state index in [1.54, 1.807) is 0 Å². The van der Waals surface area contributed by atoms with Gasteiger partial charge in [0, 0.05) is 6.04 Å². The lowest BCUT2D eigenvalue weighted by Gasteiger charge is -2.23. The molecule has 0 amide bonds. The molecule has 0 radical (unpaired) electrons. The van der Waals surface area contributed by atoms with E-state index in [9.17, 15) is 8.42 Å². The van der Waals surface area contributed by atoms with E-state index in [0.29, 0.717) is 23.4 Å². The van der Waals surface area contributed by atoms with Gasteiger partial charge in [-0.1, -0.05) is 0 Å². The summed E-state index contributed by atoms with van der Waals surface area (Å²) in [5, 5.41) is 3.12. The summed E-state index contributed by atoms with van der Waals surface area (Å²) in [4.78, 5) is 15.0. The number of hydrogen-bond donors (Lipinski definition) is 3. The Kier molecular flexibility index (Phi) is 2.77. The molecule has 8 nitrogen and oxygen atoms in total. The van der Waals surface area contributed by atoms with Crippen molar-refractivity contribution in [2.75, 3.05) is 22.6 Å². The highest BCUT2D eigenvalue weighted by Crippen LogP contribution is 2.21. The second kappa shape index (κ2) is 4.34. The van der Waals surface area contributed by atoms with E-state index in [-0.39, 0.29) is 23.5 Å². The SMILES string of the molecule is Nc1nc(NC2CCCS(=O)(=O)C2)c2[nH]cnc2n1. The zero-order chi connectivity index (χ0) is 13.5. The highest BCUT2D eigenvalue weighted by atomic mass is 32.2. The van der Waals surface area contributed by atoms with Crippen LogP contribution < -0.4 is 11.1 Å². The highest BCUT2D eigenvalue weighted by Gasteiger charge is 2.25. The van der Waals surface area contributed by atoms with Gasteiger partial charge in [0.05, 0.1) is 17.8 Å². The molecule has 2 aromatic rings. The van der Waals surface area contributed by atoms with Gasteiger partial charge in [-0.3, -0.25) is 0 Å². The molecule has 19 heavy (non-hydrogen) atoms. The van der Waals surface area contributed by atoms with Gasteiger partial charge >= 0.3 is 0 Å². The second-order valence-electron chi connectivity index (χ2n) is 4.63. The number of rotatable bonds is 2. The Balaban J connectivity index is 1.91. The number of aromatic nitrogens is 4. The molecule has 1 saturated heterocycles. The van der Waals surface area contributed by atoms with E-state index in [2.05, 4.69) is 25.3 Å². The van der Waals surface area contributed by atoms with Crippen molar-refractivity contribution in [2.45, 2.75) is 18.9 Å². The first-order valence-electron chi connectivity index (χ1n) is 5.97. The molecular formula is C10H14N6O2S. The minimum atomic E-state index is -2.97. The smallest absolute Gasteiger partial charge is 0.224 e. The van der Waals surface area contributed by atoms with Crippen molar-refractivity contribution in [3.63, 3.8) is 0 Å². The topological polar surface area (TPSA) is 127 Å². The molecule has 1 fully saturated rings. The number of nitrogen functional groups attached to an aromatic ring is 1. The number of H-pyrrole nitrogens is 1. The Morgan fingerprint density at radius 3 is 3.05 bits per heavy atom. The van der Waals surface area contributed by atoms with Crippen LogP contribution in [-0.2, 0) is 9.84 Å². The van der Waals surface area contributed by atoms with Crippen LogP contribution in [0.4, 0.5) is 11.8 Å². The van der Waals surface area contributed by atoms with E-state index in [1.807, 2.05) is 0 Å². The average molecular weight is 282 g/mol. The van der Waals surface area contributed by atoms with Crippen LogP contribution in [0.3, 0.4) is 0 Å². The Bertz CT molecular complexity index is 710. The summed E-state index contributed by atoms with van der Waals surface area (Å²) in [6, 6.07) is -0.153. The summed E-state index contributed by atoms with van der Waals surface area (Å²) in [5.74, 6) is 0.992. The molecule has 102 valence electrons. The van der Waals surface area contributed by atoms with E-state index >= 15 is 0 Å². The molecule has 0 bridgehead atoms. The largest absolute Gasteiger partial charge is 0.368 e. The van der Waals surface area contributed by atoms with Gasteiger partial charge in [-0.15, -0.1) is 0 Å². The molecule has 1 unspecified atom stereocenters. The fourth-order valence-electron chi connectivity index (χ4n) is 2.28. The maximum Gasteiger partial charge on any atom is 0.224 e. The number of aromatic amines is 1. The maximum absolute atomic E-state index is 11.6. The van der Waals surface area contributed by atoms with Crippen molar-refractivity contribution in [1.82, 2.24) is 19.9 Å². The number of nitrogens with zero attached hydrogens (tertiary/aromatic N) is 3. The molecule has 1 aliphatic rings. The molecule has 0 aliphatic carbocycles. The fraction of sp³-hybridized carbons (Fsp3) is 0.500. The van der Waals surface area contributed by atoms with Crippen molar-refractivity contribution in [1.29, 1.82) is 0 Å². The summed E-state index contributed by atoms with van der Waals surface area (Å²) >= 11 is 0. The number of anilines is 2. The first-order valence-corrected chi connectivity index (χ1v) is 7.79. The monoisotopic (exact) mass is 282 g/mol. The number of nitrogens with two attached hydrogens (primary N) is 1. The molecule has 3 heterocycles. The van der Waals surface area contributed by atoms with Gasteiger partial charge in [-0.25, -0.2) is 13.4 Å². The van der Waals surface area contributed by atoms with Gasteiger partial charge in [0.2, 0.25) is 5.95 Å². The lowest BCUT2D eigenvalue weighted by Crippen LogP contribution is -2.35. The summed E-state index contributed by atoms with van der Waals surface area (Å²) in [7, 11) is -2.97. The van der Waals surface area contributed by atoms with Crippen LogP contribution in [0.1, 0.15) is 12.8 Å². The minimum absolute atomic E-state index is 0.112. The minimum Gasteiger partial charge on any atom is -0.368 e. The summed E-state index contributed by atoms with van der Waals surface area (Å²) in [6.45, 7) is 0. The third-order valence-corrected chi connectivity index (χ3v) is 4.93. The first-order chi connectivity index (χ1) is 9.03. The quantitative estimate of drug-likeness (QED) is 0.703. The molecule has 3 rings (SSSR count). The van der Waals surface area contributed by atoms with Gasteiger partial charge in [0.1, 0.15) is 5.52 Å². The van der Waals surface area contributed by atoms with E-state index < -0.39 is 9.84 Å². The van der Waals surface area contributed by atoms with Crippen LogP contribution in [0.5, 0.6) is 0 Å². The lowest BCUT2D eigenvalue weighted by atomic mass is 10.2. The lowest BCUT2D eigenvalue weighted by molar-refractivity contribution is 0.561. The van der Waals surface area contributed by atoms with Crippen molar-refractivity contribution >= 4 is 32.8 Å². The zero-order valence-electron chi connectivity index (χ0n) is 10.1. The summed E-state index contributed by atoms with van der Waals surface area (Å²) < 4.78 is 23.2. The Hall–Kier alpha value is -1.90. The van der Waals surface area contributed by atoms with E-state index in [0.717, 1.165) is 6.42 Å². The predicted molar refractivity (Wildman–Crippen MR) is 71.4 cm³/mol. The van der Waals surface area contributed by atoms with Gasteiger partial charge in [0.25, 0.3) is 0 Å². The molecule has 0 aromatic carbocycles. The zero-order valence-corrected chi connectivity index (χ0v) is 10.9. The molecule has 1 atom stereocenters. The molecule has 0 saturated carbocycles. The first kappa shape index (κ1) is 12.2. The number of sulfone groups is 1. The van der Waals surface area contributed by atoms with Crippen molar-refractivity contribution in [2.24, 2.45) is 0 Å². The number of nitrogens with one attached hydrogen (secondary N) is 2. The molecule has 2 aromatic heterocycles. The van der Waals surface area contributed by atoms with E-state index in [1.165, 1.54) is 6.33 Å². The number of fused-ring (bicyclic) bond motifs is 1. The van der Waals surface area contributed by atoms with Gasteiger partial charge in [-0.05, 0) is 12.8 Å². The third kappa shape index (κ3) is 2.46. The molecule has 0 spiro atoms. The molecular weight excluding hydrogens is 268 g/mol. The van der Waals surface area contributed by atoms with Crippen LogP contribution in [0.2, 0.25) is 0 Å². The van der Waals surface area contributed by atoms with Gasteiger partial charge in [-0.2, -0.15) is 9.97 Å². The highest BCUT2D eigenvalue weighted by molar-refractivity contribution is 7.91. The predicted octanol–water partition coefficient (Wildman–Crippen LogP) is -0.0758. The van der Waals surface area contributed by atoms with Crippen LogP contribution in [0, 0.1) is 0 Å². The summed E-state index contributed by atoms with van der Waals surface area (Å²) in [6.07, 6.45) is 2.95. The molecule has 4 N–H and O–H groups in total. The van der Waals surface area contributed by atoms with Crippen LogP contribution in [0.15, 0.2) is 6.33 Å². The van der Waals surface area contributed by atoms with Crippen molar-refractivity contribution in [3.05, 3.63) is 6.33 Å². The van der Waals surface area contributed by atoms with Gasteiger partial charge in [0.15, 0.2) is 21.3 Å². The standard InChI is InChI=1S/C10H14N6O2S/c11-10-15-8-7(12-5-13-8)9(16-10)14-6-2-1-3-19(17,18)4-6/h5-6H,1-4H2,(H4,11,12,13,14,15,16). The third-order valence-electron chi connectivity index (χ3n) is 3.11. The Morgan fingerprint density at radius 1 is 1.42 bits per heavy atom. The Morgan fingerprint density at radius 2 is 2.26 bits per heavy atom. The van der Waals surface area contributed by atoms with Crippen LogP contribution in [0.25, 0.3) is 11.2 Å². The number of imidazole rings is 1. The normalized spacial score (nSPS) is 22.4. The van der Waals surface area contributed by atoms with Crippen molar-refractivity contribution < 1.29 is 8.42 Å². The number of hydrogen-bond acceptors (Lipinski definition) is 7. The second-order valence-corrected chi connectivity index (χ2v) is 6.86. The van der Waals surface area contributed by atoms with Crippen LogP contribution in [-0.4, -0.2) is 45.9 Å². The molecule has 1 aliphatic heterocycles. The summed E-state index contributed by atoms with van der Waals surface area (Å²) in [5.41, 5.74) is 6.71. The van der Waals surface area contributed by atoms with Gasteiger partial charge < -0.3 is 16.0 Å². The van der Waals surface area contributed by atoms with E-state index in [4.69, 9.17) is 5.73 Å². The Labute approximate surface area is 109 Å². The fourth-order valence-corrected chi connectivity index (χ4v) is 3.92. The van der Waals surface area contributed by atoms with Crippen molar-refractivity contribution in [3.8, 4) is 0 Å².